The predicted octanol–water partition coefficient (Wildman–Crippen LogP) is 5.70. The molecule has 40 heavy (non-hydrogen) atoms. The fourth-order valence-corrected chi connectivity index (χ4v) is 6.34. The molecule has 3 aliphatic rings. The van der Waals surface area contributed by atoms with Crippen LogP contribution in [0.5, 0.6) is 0 Å². The number of rotatable bonds is 4. The zero-order chi connectivity index (χ0) is 27.9. The highest BCUT2D eigenvalue weighted by Gasteiger charge is 2.32. The third-order valence-electron chi connectivity index (χ3n) is 8.27. The number of hydrogen-bond donors (Lipinski definition) is 0. The van der Waals surface area contributed by atoms with Gasteiger partial charge in [-0.15, -0.1) is 5.10 Å². The van der Waals surface area contributed by atoms with Gasteiger partial charge in [0.25, 0.3) is 0 Å². The van der Waals surface area contributed by atoms with Crippen LogP contribution in [0.3, 0.4) is 0 Å². The van der Waals surface area contributed by atoms with Gasteiger partial charge >= 0.3 is 6.09 Å². The minimum atomic E-state index is -0.475. The molecule has 0 saturated carbocycles. The minimum Gasteiger partial charge on any atom is -0.444 e. The number of amides is 1. The van der Waals surface area contributed by atoms with Crippen LogP contribution in [0.4, 0.5) is 15.0 Å². The number of imidazole rings is 1. The van der Waals surface area contributed by atoms with Gasteiger partial charge in [0.1, 0.15) is 17.2 Å². The second kappa shape index (κ2) is 10.8. The average Bonchev–Trinajstić information content (AvgIpc) is 3.60. The lowest BCUT2D eigenvalue weighted by atomic mass is 9.99. The second-order valence-electron chi connectivity index (χ2n) is 12.2. The summed E-state index contributed by atoms with van der Waals surface area (Å²) in [5.74, 6) is 0.690. The lowest BCUT2D eigenvalue weighted by Crippen LogP contribution is -2.49. The lowest BCUT2D eigenvalue weighted by molar-refractivity contribution is 0.0150. The molecular formula is C31H39FN6O2. The van der Waals surface area contributed by atoms with Crippen LogP contribution in [-0.4, -0.2) is 74.9 Å². The summed E-state index contributed by atoms with van der Waals surface area (Å²) in [6.45, 7) is 9.91. The monoisotopic (exact) mass is 546 g/mol. The first kappa shape index (κ1) is 26.7. The number of piperidine rings is 1. The van der Waals surface area contributed by atoms with E-state index in [0.717, 1.165) is 87.6 Å². The molecule has 2 fully saturated rings. The van der Waals surface area contributed by atoms with Crippen molar-refractivity contribution < 1.29 is 13.9 Å². The maximum absolute atomic E-state index is 14.0. The number of carbonyl (C=O) groups is 1. The van der Waals surface area contributed by atoms with E-state index in [0.29, 0.717) is 6.04 Å². The van der Waals surface area contributed by atoms with Crippen LogP contribution in [0.25, 0.3) is 11.2 Å². The van der Waals surface area contributed by atoms with Gasteiger partial charge in [0.15, 0.2) is 5.65 Å². The standard InChI is InChI=1S/C31H39FN6O2/c1-31(2,3)40-30(39)35-17-13-25(14-18-35)36-15-5-8-23(21-36)27-20-33-28-11-12-29(34-38(27)28)37-16-6-10-26(37)22-7-4-9-24(32)19-22/h4,7-9,11-12,19-20,25-26H,5-6,10,13-18,21H2,1-3H3/t26-/m1/s1. The molecular weight excluding hydrogens is 507 g/mol. The Balaban J connectivity index is 1.16. The Morgan fingerprint density at radius 2 is 1.88 bits per heavy atom. The first-order valence-electron chi connectivity index (χ1n) is 14.5. The molecule has 0 aliphatic carbocycles. The van der Waals surface area contributed by atoms with Crippen molar-refractivity contribution in [2.45, 2.75) is 70.6 Å². The van der Waals surface area contributed by atoms with Crippen LogP contribution in [-0.2, 0) is 4.74 Å². The molecule has 2 saturated heterocycles. The molecule has 5 heterocycles. The Labute approximate surface area is 235 Å². The highest BCUT2D eigenvalue weighted by Crippen LogP contribution is 2.36. The van der Waals surface area contributed by atoms with Crippen LogP contribution in [0.2, 0.25) is 0 Å². The molecule has 9 heteroatoms. The minimum absolute atomic E-state index is 0.114. The molecule has 212 valence electrons. The summed E-state index contributed by atoms with van der Waals surface area (Å²) in [5, 5.41) is 5.06. The summed E-state index contributed by atoms with van der Waals surface area (Å²) in [6, 6.07) is 11.5. The summed E-state index contributed by atoms with van der Waals surface area (Å²) in [7, 11) is 0. The highest BCUT2D eigenvalue weighted by atomic mass is 19.1. The maximum Gasteiger partial charge on any atom is 0.410 e. The van der Waals surface area contributed by atoms with Gasteiger partial charge in [-0.05, 0) is 88.3 Å². The van der Waals surface area contributed by atoms with Crippen molar-refractivity contribution in [3.8, 4) is 0 Å². The zero-order valence-corrected chi connectivity index (χ0v) is 23.7. The van der Waals surface area contributed by atoms with Gasteiger partial charge < -0.3 is 14.5 Å². The largest absolute Gasteiger partial charge is 0.444 e. The van der Waals surface area contributed by atoms with Gasteiger partial charge in [0.2, 0.25) is 0 Å². The molecule has 3 aromatic rings. The molecule has 8 nitrogen and oxygen atoms in total. The van der Waals surface area contributed by atoms with Gasteiger partial charge in [0.05, 0.1) is 17.9 Å². The van der Waals surface area contributed by atoms with Crippen molar-refractivity contribution in [2.75, 3.05) is 37.6 Å². The normalized spacial score (nSPS) is 21.2. The molecule has 1 aromatic carbocycles. The quantitative estimate of drug-likeness (QED) is 0.418. The first-order valence-corrected chi connectivity index (χ1v) is 14.5. The maximum atomic E-state index is 14.0. The van der Waals surface area contributed by atoms with Crippen molar-refractivity contribution in [3.05, 3.63) is 65.7 Å². The predicted molar refractivity (Wildman–Crippen MR) is 154 cm³/mol. The third kappa shape index (κ3) is 5.57. The molecule has 1 atom stereocenters. The number of benzene rings is 1. The van der Waals surface area contributed by atoms with Crippen LogP contribution >= 0.6 is 0 Å². The number of nitrogens with zero attached hydrogens (tertiary/aromatic N) is 6. The number of anilines is 1. The van der Waals surface area contributed by atoms with Crippen LogP contribution in [0.15, 0.2) is 48.7 Å². The molecule has 2 aromatic heterocycles. The van der Waals surface area contributed by atoms with Crippen molar-refractivity contribution >= 4 is 23.1 Å². The summed E-state index contributed by atoms with van der Waals surface area (Å²) >= 11 is 0. The van der Waals surface area contributed by atoms with Gasteiger partial charge in [-0.2, -0.15) is 0 Å². The molecule has 1 amide bonds. The van der Waals surface area contributed by atoms with E-state index in [4.69, 9.17) is 9.84 Å². The topological polar surface area (TPSA) is 66.2 Å². The molecule has 3 aliphatic heterocycles. The number of aromatic nitrogens is 3. The Morgan fingerprint density at radius 1 is 1.05 bits per heavy atom. The fourth-order valence-electron chi connectivity index (χ4n) is 6.34. The fraction of sp³-hybridized carbons (Fsp3) is 0.516. The van der Waals surface area contributed by atoms with Crippen molar-refractivity contribution in [3.63, 3.8) is 0 Å². The Kier molecular flexibility index (Phi) is 7.25. The number of halogens is 1. The number of likely N-dealkylation sites (tertiary alicyclic amines) is 1. The SMILES string of the molecule is CC(C)(C)OC(=O)N1CCC(N2CCC=C(c3cnc4ccc(N5CCC[C@@H]5c5cccc(F)c5)nn34)C2)CC1. The summed E-state index contributed by atoms with van der Waals surface area (Å²) in [5.41, 5.74) is 3.60. The van der Waals surface area contributed by atoms with E-state index in [2.05, 4.69) is 20.9 Å². The average molecular weight is 547 g/mol. The van der Waals surface area contributed by atoms with Crippen LogP contribution < -0.4 is 4.90 Å². The Bertz CT molecular complexity index is 1400. The molecule has 0 unspecified atom stereocenters. The molecule has 0 radical (unpaired) electrons. The number of hydrogen-bond acceptors (Lipinski definition) is 6. The van der Waals surface area contributed by atoms with Crippen molar-refractivity contribution in [1.82, 2.24) is 24.4 Å². The van der Waals surface area contributed by atoms with E-state index in [9.17, 15) is 9.18 Å². The van der Waals surface area contributed by atoms with Crippen molar-refractivity contribution in [2.24, 2.45) is 0 Å². The van der Waals surface area contributed by atoms with E-state index in [1.54, 1.807) is 12.1 Å². The lowest BCUT2D eigenvalue weighted by Gasteiger charge is -2.40. The summed E-state index contributed by atoms with van der Waals surface area (Å²) < 4.78 is 21.5. The van der Waals surface area contributed by atoms with Crippen LogP contribution in [0, 0.1) is 5.82 Å². The van der Waals surface area contributed by atoms with E-state index in [-0.39, 0.29) is 18.0 Å². The zero-order valence-electron chi connectivity index (χ0n) is 23.7. The number of carbonyl (C=O) groups excluding carboxylic acids is 1. The molecule has 6 rings (SSSR count). The van der Waals surface area contributed by atoms with Gasteiger partial charge in [-0.3, -0.25) is 4.90 Å². The van der Waals surface area contributed by atoms with Gasteiger partial charge in [-0.1, -0.05) is 18.2 Å². The van der Waals surface area contributed by atoms with E-state index in [1.165, 1.54) is 11.6 Å². The number of ether oxygens (including phenoxy) is 1. The Morgan fingerprint density at radius 3 is 2.65 bits per heavy atom. The second-order valence-corrected chi connectivity index (χ2v) is 12.2. The summed E-state index contributed by atoms with van der Waals surface area (Å²) in [4.78, 5) is 23.9. The van der Waals surface area contributed by atoms with Gasteiger partial charge in [-0.25, -0.2) is 18.7 Å². The van der Waals surface area contributed by atoms with Gasteiger partial charge in [0, 0.05) is 38.8 Å². The summed E-state index contributed by atoms with van der Waals surface area (Å²) in [6.07, 6.45) is 8.92. The number of fused-ring (bicyclic) bond motifs is 1. The smallest absolute Gasteiger partial charge is 0.410 e. The van der Waals surface area contributed by atoms with E-state index < -0.39 is 5.60 Å². The molecule has 0 bridgehead atoms. The first-order chi connectivity index (χ1) is 19.2. The highest BCUT2D eigenvalue weighted by molar-refractivity contribution is 5.69. The van der Waals surface area contributed by atoms with E-state index >= 15 is 0 Å². The molecule has 0 N–H and O–H groups in total. The third-order valence-corrected chi connectivity index (χ3v) is 8.27. The Hall–Kier alpha value is -3.46. The van der Waals surface area contributed by atoms with E-state index in [1.807, 2.05) is 54.6 Å². The van der Waals surface area contributed by atoms with Crippen LogP contribution in [0.1, 0.15) is 70.2 Å². The molecule has 0 spiro atoms. The van der Waals surface area contributed by atoms with Crippen molar-refractivity contribution in [1.29, 1.82) is 0 Å².